The summed E-state index contributed by atoms with van der Waals surface area (Å²) in [5.41, 5.74) is 1.84. The van der Waals surface area contributed by atoms with Crippen LogP contribution in [-0.2, 0) is 16.4 Å². The van der Waals surface area contributed by atoms with Crippen LogP contribution < -0.4 is 4.72 Å². The summed E-state index contributed by atoms with van der Waals surface area (Å²) in [4.78, 5) is -0.0810. The van der Waals surface area contributed by atoms with E-state index in [2.05, 4.69) is 9.82 Å². The monoisotopic (exact) mass is 345 g/mol. The van der Waals surface area contributed by atoms with Crippen molar-refractivity contribution in [1.29, 1.82) is 0 Å². The molecule has 0 atom stereocenters. The highest BCUT2D eigenvalue weighted by Gasteiger charge is 2.14. The Kier molecular flexibility index (Phi) is 4.73. The van der Waals surface area contributed by atoms with Crippen molar-refractivity contribution in [2.75, 3.05) is 6.54 Å². The topological polar surface area (TPSA) is 64.0 Å². The molecular formula is C17H16FN3O2S. The minimum atomic E-state index is -3.72. The number of nitrogens with one attached hydrogen (secondary N) is 1. The molecule has 3 aromatic rings. The van der Waals surface area contributed by atoms with Gasteiger partial charge in [0.1, 0.15) is 5.82 Å². The number of para-hydroxylation sites is 1. The Morgan fingerprint density at radius 2 is 1.88 bits per heavy atom. The van der Waals surface area contributed by atoms with E-state index >= 15 is 0 Å². The van der Waals surface area contributed by atoms with Gasteiger partial charge in [-0.1, -0.05) is 24.3 Å². The largest absolute Gasteiger partial charge is 0.241 e. The molecular weight excluding hydrogens is 329 g/mol. The van der Waals surface area contributed by atoms with Crippen LogP contribution in [0.15, 0.2) is 71.9 Å². The number of halogens is 1. The Bertz CT molecular complexity index is 924. The molecule has 0 saturated heterocycles. The Morgan fingerprint density at radius 1 is 1.08 bits per heavy atom. The van der Waals surface area contributed by atoms with Gasteiger partial charge in [0.15, 0.2) is 0 Å². The highest BCUT2D eigenvalue weighted by molar-refractivity contribution is 7.89. The average molecular weight is 345 g/mol. The molecule has 124 valence electrons. The molecule has 0 radical (unpaired) electrons. The molecule has 1 heterocycles. The molecule has 1 N–H and O–H groups in total. The van der Waals surface area contributed by atoms with Crippen molar-refractivity contribution in [3.8, 4) is 5.69 Å². The lowest BCUT2D eigenvalue weighted by Gasteiger charge is -2.06. The predicted molar refractivity (Wildman–Crippen MR) is 88.9 cm³/mol. The number of hydrogen-bond donors (Lipinski definition) is 1. The number of hydrogen-bond acceptors (Lipinski definition) is 3. The lowest BCUT2D eigenvalue weighted by Crippen LogP contribution is -2.26. The van der Waals surface area contributed by atoms with Gasteiger partial charge >= 0.3 is 0 Å². The van der Waals surface area contributed by atoms with Gasteiger partial charge in [-0.2, -0.15) is 5.10 Å². The Morgan fingerprint density at radius 3 is 2.62 bits per heavy atom. The van der Waals surface area contributed by atoms with E-state index in [1.807, 2.05) is 36.5 Å². The molecule has 0 unspecified atom stereocenters. The zero-order valence-corrected chi connectivity index (χ0v) is 13.6. The van der Waals surface area contributed by atoms with Crippen LogP contribution >= 0.6 is 0 Å². The summed E-state index contributed by atoms with van der Waals surface area (Å²) in [6.45, 7) is 0.208. The van der Waals surface area contributed by atoms with E-state index in [0.29, 0.717) is 6.42 Å². The maximum absolute atomic E-state index is 13.1. The van der Waals surface area contributed by atoms with Crippen molar-refractivity contribution in [3.05, 3.63) is 78.4 Å². The smallest absolute Gasteiger partial charge is 0.240 e. The third-order valence-corrected chi connectivity index (χ3v) is 4.93. The Balaban J connectivity index is 1.62. The van der Waals surface area contributed by atoms with Gasteiger partial charge in [-0.15, -0.1) is 0 Å². The summed E-state index contributed by atoms with van der Waals surface area (Å²) in [7, 11) is -3.72. The Hall–Kier alpha value is -2.51. The summed E-state index contributed by atoms with van der Waals surface area (Å²) >= 11 is 0. The molecule has 0 amide bonds. The number of aromatic nitrogens is 2. The quantitative estimate of drug-likeness (QED) is 0.747. The first kappa shape index (κ1) is 16.4. The molecule has 7 heteroatoms. The third-order valence-electron chi connectivity index (χ3n) is 3.47. The second-order valence-corrected chi connectivity index (χ2v) is 7.00. The third kappa shape index (κ3) is 3.87. The van der Waals surface area contributed by atoms with Crippen LogP contribution in [0.4, 0.5) is 4.39 Å². The van der Waals surface area contributed by atoms with Gasteiger partial charge in [0, 0.05) is 12.7 Å². The summed E-state index contributed by atoms with van der Waals surface area (Å²) in [6.07, 6.45) is 4.04. The van der Waals surface area contributed by atoms with Crippen LogP contribution in [0.3, 0.4) is 0 Å². The number of nitrogens with zero attached hydrogens (tertiary/aromatic N) is 2. The summed E-state index contributed by atoms with van der Waals surface area (Å²) in [5.74, 6) is -0.581. The molecule has 2 aromatic carbocycles. The maximum atomic E-state index is 13.1. The second-order valence-electron chi connectivity index (χ2n) is 5.23. The van der Waals surface area contributed by atoms with Crippen LogP contribution in [0.2, 0.25) is 0 Å². The van der Waals surface area contributed by atoms with E-state index in [0.717, 1.165) is 17.3 Å². The standard InChI is InChI=1S/C17H16FN3O2S/c18-15-5-4-8-17(11-15)24(22,23)20-10-9-14-12-19-21(13-14)16-6-2-1-3-7-16/h1-8,11-13,20H,9-10H2. The molecule has 0 spiro atoms. The fourth-order valence-corrected chi connectivity index (χ4v) is 3.32. The van der Waals surface area contributed by atoms with E-state index in [1.165, 1.54) is 18.2 Å². The van der Waals surface area contributed by atoms with Gasteiger partial charge in [0.2, 0.25) is 10.0 Å². The maximum Gasteiger partial charge on any atom is 0.240 e. The van der Waals surface area contributed by atoms with Gasteiger partial charge in [0.05, 0.1) is 16.8 Å². The van der Waals surface area contributed by atoms with Crippen molar-refractivity contribution in [2.45, 2.75) is 11.3 Å². The number of sulfonamides is 1. The van der Waals surface area contributed by atoms with Gasteiger partial charge < -0.3 is 0 Å². The molecule has 24 heavy (non-hydrogen) atoms. The van der Waals surface area contributed by atoms with E-state index in [9.17, 15) is 12.8 Å². The molecule has 0 aliphatic rings. The lowest BCUT2D eigenvalue weighted by molar-refractivity contribution is 0.577. The van der Waals surface area contributed by atoms with Crippen LogP contribution in [0, 0.1) is 5.82 Å². The zero-order chi connectivity index (χ0) is 17.0. The minimum Gasteiger partial charge on any atom is -0.241 e. The summed E-state index contributed by atoms with van der Waals surface area (Å²) in [5, 5.41) is 4.26. The van der Waals surface area contributed by atoms with E-state index in [4.69, 9.17) is 0 Å². The molecule has 0 fully saturated rings. The molecule has 5 nitrogen and oxygen atoms in total. The van der Waals surface area contributed by atoms with Crippen molar-refractivity contribution in [3.63, 3.8) is 0 Å². The van der Waals surface area contributed by atoms with Crippen LogP contribution in [0.25, 0.3) is 5.69 Å². The second kappa shape index (κ2) is 6.94. The highest BCUT2D eigenvalue weighted by Crippen LogP contribution is 2.11. The van der Waals surface area contributed by atoms with E-state index in [-0.39, 0.29) is 11.4 Å². The molecule has 0 aliphatic carbocycles. The van der Waals surface area contributed by atoms with Crippen molar-refractivity contribution < 1.29 is 12.8 Å². The van der Waals surface area contributed by atoms with Crippen LogP contribution in [-0.4, -0.2) is 24.7 Å². The van der Waals surface area contributed by atoms with Gasteiger partial charge in [-0.3, -0.25) is 0 Å². The SMILES string of the molecule is O=S(=O)(NCCc1cnn(-c2ccccc2)c1)c1cccc(F)c1. The predicted octanol–water partition coefficient (Wildman–Crippen LogP) is 2.53. The fraction of sp³-hybridized carbons (Fsp3) is 0.118. The van der Waals surface area contributed by atoms with Crippen molar-refractivity contribution in [1.82, 2.24) is 14.5 Å². The van der Waals surface area contributed by atoms with Crippen molar-refractivity contribution >= 4 is 10.0 Å². The molecule has 0 bridgehead atoms. The first-order valence-corrected chi connectivity index (χ1v) is 8.87. The first-order chi connectivity index (χ1) is 11.5. The molecule has 0 saturated carbocycles. The average Bonchev–Trinajstić information content (AvgIpc) is 3.04. The molecule has 0 aliphatic heterocycles. The van der Waals surface area contributed by atoms with Crippen LogP contribution in [0.1, 0.15) is 5.56 Å². The highest BCUT2D eigenvalue weighted by atomic mass is 32.2. The summed E-state index contributed by atoms with van der Waals surface area (Å²) < 4.78 is 41.6. The van der Waals surface area contributed by atoms with Gasteiger partial charge in [0.25, 0.3) is 0 Å². The fourth-order valence-electron chi connectivity index (χ4n) is 2.26. The van der Waals surface area contributed by atoms with Crippen LogP contribution in [0.5, 0.6) is 0 Å². The zero-order valence-electron chi connectivity index (χ0n) is 12.8. The summed E-state index contributed by atoms with van der Waals surface area (Å²) in [6, 6.07) is 14.6. The molecule has 1 aromatic heterocycles. The normalized spacial score (nSPS) is 11.5. The number of rotatable bonds is 6. The van der Waals surface area contributed by atoms with E-state index in [1.54, 1.807) is 10.9 Å². The first-order valence-electron chi connectivity index (χ1n) is 7.39. The lowest BCUT2D eigenvalue weighted by atomic mass is 10.2. The van der Waals surface area contributed by atoms with Gasteiger partial charge in [-0.05, 0) is 42.3 Å². The Labute approximate surface area is 139 Å². The van der Waals surface area contributed by atoms with Gasteiger partial charge in [-0.25, -0.2) is 22.2 Å². The van der Waals surface area contributed by atoms with Crippen molar-refractivity contribution in [2.24, 2.45) is 0 Å². The molecule has 3 rings (SSSR count). The van der Waals surface area contributed by atoms with E-state index < -0.39 is 15.8 Å². The number of benzene rings is 2. The minimum absolute atomic E-state index is 0.0810.